The van der Waals surface area contributed by atoms with Crippen LogP contribution >= 0.6 is 0 Å². The average Bonchev–Trinajstić information content (AvgIpc) is 2.64. The Kier molecular flexibility index (Phi) is 5.13. The summed E-state index contributed by atoms with van der Waals surface area (Å²) in [5, 5.41) is 9.55. The van der Waals surface area contributed by atoms with Crippen molar-refractivity contribution >= 4 is 23.0 Å². The SMILES string of the molecule is COC1(C(=O)Nc2ccc(Nc3ccccc3)cc2)CCNCC1. The van der Waals surface area contributed by atoms with Crippen molar-refractivity contribution in [1.29, 1.82) is 0 Å². The van der Waals surface area contributed by atoms with Crippen molar-refractivity contribution in [3.8, 4) is 0 Å². The predicted octanol–water partition coefficient (Wildman–Crippen LogP) is 3.14. The first-order valence-electron chi connectivity index (χ1n) is 8.21. The largest absolute Gasteiger partial charge is 0.368 e. The highest BCUT2D eigenvalue weighted by molar-refractivity contribution is 5.97. The maximum atomic E-state index is 12.6. The van der Waals surface area contributed by atoms with Crippen molar-refractivity contribution in [2.24, 2.45) is 0 Å². The third-order valence-electron chi connectivity index (χ3n) is 4.42. The highest BCUT2D eigenvalue weighted by atomic mass is 16.5. The van der Waals surface area contributed by atoms with Gasteiger partial charge in [0, 0.05) is 24.2 Å². The summed E-state index contributed by atoms with van der Waals surface area (Å²) in [4.78, 5) is 12.6. The first kappa shape index (κ1) is 16.5. The Hall–Kier alpha value is -2.37. The van der Waals surface area contributed by atoms with Crippen molar-refractivity contribution in [3.63, 3.8) is 0 Å². The molecule has 0 aliphatic carbocycles. The molecule has 1 saturated heterocycles. The van der Waals surface area contributed by atoms with Crippen LogP contribution in [0.25, 0.3) is 0 Å². The normalized spacial score (nSPS) is 16.4. The van der Waals surface area contributed by atoms with Gasteiger partial charge in [-0.3, -0.25) is 4.79 Å². The van der Waals surface area contributed by atoms with Gasteiger partial charge < -0.3 is 20.7 Å². The lowest BCUT2D eigenvalue weighted by Crippen LogP contribution is -2.51. The van der Waals surface area contributed by atoms with Crippen molar-refractivity contribution < 1.29 is 9.53 Å². The predicted molar refractivity (Wildman–Crippen MR) is 96.6 cm³/mol. The number of carbonyl (C=O) groups is 1. The number of piperidine rings is 1. The van der Waals surface area contributed by atoms with E-state index in [1.807, 2.05) is 54.6 Å². The lowest BCUT2D eigenvalue weighted by Gasteiger charge is -2.34. The molecular formula is C19H23N3O2. The number of benzene rings is 2. The zero-order valence-corrected chi connectivity index (χ0v) is 13.8. The summed E-state index contributed by atoms with van der Waals surface area (Å²) in [6, 6.07) is 17.7. The van der Waals surface area contributed by atoms with Gasteiger partial charge in [0.2, 0.25) is 0 Å². The van der Waals surface area contributed by atoms with E-state index in [0.29, 0.717) is 12.8 Å². The second-order valence-electron chi connectivity index (χ2n) is 5.97. The number of hydrogen-bond donors (Lipinski definition) is 3. The molecule has 0 spiro atoms. The molecule has 1 fully saturated rings. The van der Waals surface area contributed by atoms with Crippen LogP contribution in [-0.2, 0) is 9.53 Å². The van der Waals surface area contributed by atoms with E-state index >= 15 is 0 Å². The molecule has 0 aromatic heterocycles. The number of amides is 1. The van der Waals surface area contributed by atoms with Crippen molar-refractivity contribution in [1.82, 2.24) is 5.32 Å². The van der Waals surface area contributed by atoms with Crippen LogP contribution < -0.4 is 16.0 Å². The Balaban J connectivity index is 1.64. The Morgan fingerprint density at radius 2 is 1.54 bits per heavy atom. The third-order valence-corrected chi connectivity index (χ3v) is 4.42. The molecule has 126 valence electrons. The lowest BCUT2D eigenvalue weighted by molar-refractivity contribution is -0.140. The molecule has 5 nitrogen and oxygen atoms in total. The fourth-order valence-electron chi connectivity index (χ4n) is 2.92. The molecule has 24 heavy (non-hydrogen) atoms. The highest BCUT2D eigenvalue weighted by Gasteiger charge is 2.39. The molecule has 0 atom stereocenters. The molecule has 0 unspecified atom stereocenters. The summed E-state index contributed by atoms with van der Waals surface area (Å²) in [6.45, 7) is 1.59. The first-order chi connectivity index (χ1) is 11.7. The number of para-hydroxylation sites is 1. The van der Waals surface area contributed by atoms with Crippen LogP contribution in [0.5, 0.6) is 0 Å². The number of rotatable bonds is 5. The van der Waals surface area contributed by atoms with Crippen molar-refractivity contribution in [2.45, 2.75) is 18.4 Å². The van der Waals surface area contributed by atoms with Gasteiger partial charge in [-0.2, -0.15) is 0 Å². The molecule has 1 amide bonds. The molecule has 0 radical (unpaired) electrons. The van der Waals surface area contributed by atoms with Crippen LogP contribution in [0.15, 0.2) is 54.6 Å². The van der Waals surface area contributed by atoms with Gasteiger partial charge >= 0.3 is 0 Å². The number of carbonyl (C=O) groups excluding carboxylic acids is 1. The topological polar surface area (TPSA) is 62.4 Å². The fraction of sp³-hybridized carbons (Fsp3) is 0.316. The summed E-state index contributed by atoms with van der Waals surface area (Å²) in [7, 11) is 1.61. The van der Waals surface area contributed by atoms with Crippen LogP contribution in [-0.4, -0.2) is 31.7 Å². The molecule has 1 aliphatic heterocycles. The van der Waals surface area contributed by atoms with E-state index in [4.69, 9.17) is 4.74 Å². The van der Waals surface area contributed by atoms with E-state index in [9.17, 15) is 4.79 Å². The summed E-state index contributed by atoms with van der Waals surface area (Å²) in [6.07, 6.45) is 1.37. The van der Waals surface area contributed by atoms with E-state index in [2.05, 4.69) is 16.0 Å². The first-order valence-corrected chi connectivity index (χ1v) is 8.21. The molecule has 2 aromatic carbocycles. The zero-order chi connectivity index (χ0) is 16.8. The second kappa shape index (κ2) is 7.47. The Morgan fingerprint density at radius 1 is 0.958 bits per heavy atom. The molecule has 3 rings (SSSR count). The third kappa shape index (κ3) is 3.75. The van der Waals surface area contributed by atoms with E-state index in [-0.39, 0.29) is 5.91 Å². The summed E-state index contributed by atoms with van der Waals surface area (Å²) in [5.74, 6) is -0.0738. The molecule has 3 N–H and O–H groups in total. The van der Waals surface area contributed by atoms with Crippen LogP contribution in [0.3, 0.4) is 0 Å². The molecule has 1 heterocycles. The van der Waals surface area contributed by atoms with Gasteiger partial charge in [-0.15, -0.1) is 0 Å². The maximum Gasteiger partial charge on any atom is 0.256 e. The highest BCUT2D eigenvalue weighted by Crippen LogP contribution is 2.25. The Bertz CT molecular complexity index is 665. The minimum Gasteiger partial charge on any atom is -0.368 e. The Morgan fingerprint density at radius 3 is 2.17 bits per heavy atom. The van der Waals surface area contributed by atoms with Crippen LogP contribution in [0, 0.1) is 0 Å². The van der Waals surface area contributed by atoms with Gasteiger partial charge in [-0.25, -0.2) is 0 Å². The summed E-state index contributed by atoms with van der Waals surface area (Å²) in [5.41, 5.74) is 2.05. The van der Waals surface area contributed by atoms with Gasteiger partial charge in [-0.1, -0.05) is 18.2 Å². The minimum absolute atomic E-state index is 0.0738. The average molecular weight is 325 g/mol. The summed E-state index contributed by atoms with van der Waals surface area (Å²) >= 11 is 0. The van der Waals surface area contributed by atoms with Gasteiger partial charge in [0.25, 0.3) is 5.91 Å². The summed E-state index contributed by atoms with van der Waals surface area (Å²) < 4.78 is 5.55. The lowest BCUT2D eigenvalue weighted by atomic mass is 9.91. The van der Waals surface area contributed by atoms with Gasteiger partial charge in [-0.05, 0) is 62.3 Å². The van der Waals surface area contributed by atoms with E-state index < -0.39 is 5.60 Å². The van der Waals surface area contributed by atoms with E-state index in [1.54, 1.807) is 7.11 Å². The van der Waals surface area contributed by atoms with Gasteiger partial charge in [0.05, 0.1) is 0 Å². The number of anilines is 3. The Labute approximate surface area is 142 Å². The number of ether oxygens (including phenoxy) is 1. The standard InChI is InChI=1S/C19H23N3O2/c1-24-19(11-13-20-14-12-19)18(23)22-17-9-7-16(8-10-17)21-15-5-3-2-4-6-15/h2-10,20-21H,11-14H2,1H3,(H,22,23). The molecule has 2 aromatic rings. The van der Waals surface area contributed by atoms with Crippen molar-refractivity contribution in [2.75, 3.05) is 30.8 Å². The number of hydrogen-bond acceptors (Lipinski definition) is 4. The van der Waals surface area contributed by atoms with Crippen LogP contribution in [0.2, 0.25) is 0 Å². The van der Waals surface area contributed by atoms with Crippen LogP contribution in [0.4, 0.5) is 17.1 Å². The minimum atomic E-state index is -0.730. The molecule has 1 aliphatic rings. The molecule has 5 heteroatoms. The molecule has 0 saturated carbocycles. The van der Waals surface area contributed by atoms with Gasteiger partial charge in [0.1, 0.15) is 5.60 Å². The van der Waals surface area contributed by atoms with Crippen LogP contribution in [0.1, 0.15) is 12.8 Å². The van der Waals surface area contributed by atoms with E-state index in [0.717, 1.165) is 30.2 Å². The van der Waals surface area contributed by atoms with Crippen molar-refractivity contribution in [3.05, 3.63) is 54.6 Å². The molecule has 0 bridgehead atoms. The molecular weight excluding hydrogens is 302 g/mol. The maximum absolute atomic E-state index is 12.6. The fourth-order valence-corrected chi connectivity index (χ4v) is 2.92. The second-order valence-corrected chi connectivity index (χ2v) is 5.97. The zero-order valence-electron chi connectivity index (χ0n) is 13.8. The number of nitrogens with one attached hydrogen (secondary N) is 3. The quantitative estimate of drug-likeness (QED) is 0.790. The monoisotopic (exact) mass is 325 g/mol. The smallest absolute Gasteiger partial charge is 0.256 e. The van der Waals surface area contributed by atoms with Gasteiger partial charge in [0.15, 0.2) is 0 Å². The van der Waals surface area contributed by atoms with E-state index in [1.165, 1.54) is 0 Å². The number of methoxy groups -OCH3 is 1.